The number of carboxylic acids is 1. The number of hydrogen-bond acceptors (Lipinski definition) is 4. The average Bonchev–Trinajstić information content (AvgIpc) is 2.57. The molecule has 2 atom stereocenters. The molecule has 1 saturated heterocycles. The third-order valence-corrected chi connectivity index (χ3v) is 4.10. The summed E-state index contributed by atoms with van der Waals surface area (Å²) in [5.41, 5.74) is 0. The van der Waals surface area contributed by atoms with E-state index >= 15 is 0 Å². The molecule has 24 heavy (non-hydrogen) atoms. The van der Waals surface area contributed by atoms with E-state index in [4.69, 9.17) is 9.84 Å². The predicted octanol–water partition coefficient (Wildman–Crippen LogP) is 1.35. The lowest BCUT2D eigenvalue weighted by atomic mass is 10.2. The van der Waals surface area contributed by atoms with Gasteiger partial charge in [-0.3, -0.25) is 14.5 Å². The molecule has 1 aliphatic rings. The van der Waals surface area contributed by atoms with Crippen molar-refractivity contribution in [3.8, 4) is 5.75 Å². The summed E-state index contributed by atoms with van der Waals surface area (Å²) in [5.74, 6) is -3.73. The largest absolute Gasteiger partial charge is 0.480 e. The monoisotopic (exact) mass is 342 g/mol. The van der Waals surface area contributed by atoms with Crippen molar-refractivity contribution in [1.82, 2.24) is 9.80 Å². The Morgan fingerprint density at radius 1 is 1.17 bits per heavy atom. The molecule has 0 bridgehead atoms. The van der Waals surface area contributed by atoms with Gasteiger partial charge in [-0.1, -0.05) is 6.07 Å². The summed E-state index contributed by atoms with van der Waals surface area (Å²) in [6.45, 7) is 4.64. The summed E-state index contributed by atoms with van der Waals surface area (Å²) in [5, 5.41) is 9.00. The van der Waals surface area contributed by atoms with E-state index in [1.54, 1.807) is 11.8 Å². The molecule has 2 rings (SSSR count). The standard InChI is InChI=1S/C16H20F2N2O4/c1-10(16(22)23)19-6-8-20(9-7-19)15(21)11(2)24-13-5-3-4-12(17)14(13)18/h3-5,10-11H,6-9H2,1-2H3,(H,22,23)/t10-,11+/m1/s1. The molecule has 132 valence electrons. The van der Waals surface area contributed by atoms with Crippen LogP contribution in [0.4, 0.5) is 8.78 Å². The summed E-state index contributed by atoms with van der Waals surface area (Å²) in [7, 11) is 0. The Morgan fingerprint density at radius 3 is 2.38 bits per heavy atom. The van der Waals surface area contributed by atoms with Crippen LogP contribution in [0.15, 0.2) is 18.2 Å². The van der Waals surface area contributed by atoms with Gasteiger partial charge in [0.2, 0.25) is 5.82 Å². The number of hydrogen-bond donors (Lipinski definition) is 1. The first kappa shape index (κ1) is 18.1. The number of amides is 1. The van der Waals surface area contributed by atoms with Gasteiger partial charge in [-0.15, -0.1) is 0 Å². The van der Waals surface area contributed by atoms with E-state index in [1.807, 2.05) is 0 Å². The normalized spacial score (nSPS) is 18.1. The van der Waals surface area contributed by atoms with Crippen LogP contribution >= 0.6 is 0 Å². The van der Waals surface area contributed by atoms with Crippen molar-refractivity contribution in [3.63, 3.8) is 0 Å². The van der Waals surface area contributed by atoms with Crippen LogP contribution in [0.2, 0.25) is 0 Å². The maximum absolute atomic E-state index is 13.6. The van der Waals surface area contributed by atoms with Gasteiger partial charge < -0.3 is 14.7 Å². The zero-order valence-electron chi connectivity index (χ0n) is 13.5. The molecule has 0 saturated carbocycles. The van der Waals surface area contributed by atoms with E-state index in [1.165, 1.54) is 24.0 Å². The molecule has 6 nitrogen and oxygen atoms in total. The molecule has 1 fully saturated rings. The van der Waals surface area contributed by atoms with Crippen molar-refractivity contribution in [2.45, 2.75) is 26.0 Å². The number of piperazine rings is 1. The van der Waals surface area contributed by atoms with E-state index in [0.717, 1.165) is 6.07 Å². The van der Waals surface area contributed by atoms with Crippen molar-refractivity contribution in [2.24, 2.45) is 0 Å². The fourth-order valence-corrected chi connectivity index (χ4v) is 2.56. The summed E-state index contributed by atoms with van der Waals surface area (Å²) in [6.07, 6.45) is -0.968. The number of carboxylic acid groups (broad SMARTS) is 1. The Labute approximate surface area is 138 Å². The zero-order chi connectivity index (χ0) is 17.9. The average molecular weight is 342 g/mol. The molecule has 0 radical (unpaired) electrons. The number of ether oxygens (including phenoxy) is 1. The van der Waals surface area contributed by atoms with Crippen LogP contribution in [-0.2, 0) is 9.59 Å². The van der Waals surface area contributed by atoms with Crippen LogP contribution in [0.25, 0.3) is 0 Å². The van der Waals surface area contributed by atoms with Gasteiger partial charge in [0.05, 0.1) is 0 Å². The van der Waals surface area contributed by atoms with Crippen molar-refractivity contribution in [1.29, 1.82) is 0 Å². The molecular formula is C16H20F2N2O4. The summed E-state index contributed by atoms with van der Waals surface area (Å²) in [4.78, 5) is 26.6. The van der Waals surface area contributed by atoms with Gasteiger partial charge in [0.25, 0.3) is 5.91 Å². The highest BCUT2D eigenvalue weighted by Gasteiger charge is 2.30. The summed E-state index contributed by atoms with van der Waals surface area (Å²) < 4.78 is 32.0. The Kier molecular flexibility index (Phi) is 5.71. The lowest BCUT2D eigenvalue weighted by Gasteiger charge is -2.37. The van der Waals surface area contributed by atoms with Gasteiger partial charge >= 0.3 is 5.97 Å². The highest BCUT2D eigenvalue weighted by molar-refractivity contribution is 5.81. The molecular weight excluding hydrogens is 322 g/mol. The number of carbonyl (C=O) groups excluding carboxylic acids is 1. The van der Waals surface area contributed by atoms with Crippen LogP contribution < -0.4 is 4.74 Å². The number of rotatable bonds is 5. The van der Waals surface area contributed by atoms with E-state index < -0.39 is 29.7 Å². The first-order valence-electron chi connectivity index (χ1n) is 7.67. The predicted molar refractivity (Wildman–Crippen MR) is 81.7 cm³/mol. The molecule has 1 aliphatic heterocycles. The molecule has 1 aromatic carbocycles. The van der Waals surface area contributed by atoms with Crippen LogP contribution in [0.5, 0.6) is 5.75 Å². The number of carbonyl (C=O) groups is 2. The summed E-state index contributed by atoms with van der Waals surface area (Å²) in [6, 6.07) is 2.92. The molecule has 0 unspecified atom stereocenters. The van der Waals surface area contributed by atoms with Crippen molar-refractivity contribution >= 4 is 11.9 Å². The lowest BCUT2D eigenvalue weighted by molar-refractivity contribution is -0.145. The van der Waals surface area contributed by atoms with Crippen molar-refractivity contribution in [3.05, 3.63) is 29.8 Å². The Hall–Kier alpha value is -2.22. The fraction of sp³-hybridized carbons (Fsp3) is 0.500. The summed E-state index contributed by atoms with van der Waals surface area (Å²) >= 11 is 0. The molecule has 1 amide bonds. The minimum Gasteiger partial charge on any atom is -0.480 e. The van der Waals surface area contributed by atoms with Crippen LogP contribution in [0.3, 0.4) is 0 Å². The topological polar surface area (TPSA) is 70.1 Å². The molecule has 1 aromatic rings. The van der Waals surface area contributed by atoms with Crippen molar-refractivity contribution < 1.29 is 28.2 Å². The Balaban J connectivity index is 1.93. The van der Waals surface area contributed by atoms with E-state index in [0.29, 0.717) is 26.2 Å². The minimum absolute atomic E-state index is 0.311. The van der Waals surface area contributed by atoms with Crippen LogP contribution in [0.1, 0.15) is 13.8 Å². The highest BCUT2D eigenvalue weighted by Crippen LogP contribution is 2.21. The third-order valence-electron chi connectivity index (χ3n) is 4.10. The number of aliphatic carboxylic acids is 1. The first-order chi connectivity index (χ1) is 11.3. The van der Waals surface area contributed by atoms with Gasteiger partial charge in [-0.25, -0.2) is 4.39 Å². The van der Waals surface area contributed by atoms with Crippen molar-refractivity contribution in [2.75, 3.05) is 26.2 Å². The molecule has 0 aromatic heterocycles. The van der Waals surface area contributed by atoms with Gasteiger partial charge in [-0.05, 0) is 26.0 Å². The van der Waals surface area contributed by atoms with E-state index in [2.05, 4.69) is 0 Å². The van der Waals surface area contributed by atoms with Gasteiger partial charge in [0.15, 0.2) is 17.7 Å². The molecule has 1 N–H and O–H groups in total. The second kappa shape index (κ2) is 7.57. The Bertz CT molecular complexity index is 618. The minimum atomic E-state index is -1.13. The molecule has 0 spiro atoms. The second-order valence-electron chi connectivity index (χ2n) is 5.69. The van der Waals surface area contributed by atoms with Crippen LogP contribution in [-0.4, -0.2) is 65.1 Å². The fourth-order valence-electron chi connectivity index (χ4n) is 2.56. The molecule has 8 heteroatoms. The van der Waals surface area contributed by atoms with Gasteiger partial charge in [0, 0.05) is 26.2 Å². The second-order valence-corrected chi connectivity index (χ2v) is 5.69. The molecule has 0 aliphatic carbocycles. The smallest absolute Gasteiger partial charge is 0.320 e. The third kappa shape index (κ3) is 4.00. The van der Waals surface area contributed by atoms with E-state index in [-0.39, 0.29) is 11.7 Å². The first-order valence-corrected chi connectivity index (χ1v) is 7.67. The van der Waals surface area contributed by atoms with E-state index in [9.17, 15) is 18.4 Å². The maximum atomic E-state index is 13.6. The van der Waals surface area contributed by atoms with Crippen LogP contribution in [0, 0.1) is 11.6 Å². The number of halogens is 2. The zero-order valence-corrected chi connectivity index (χ0v) is 13.5. The SMILES string of the molecule is C[C@H](Oc1cccc(F)c1F)C(=O)N1CCN([C@H](C)C(=O)O)CC1. The molecule has 1 heterocycles. The highest BCUT2D eigenvalue weighted by atomic mass is 19.2. The quantitative estimate of drug-likeness (QED) is 0.875. The van der Waals surface area contributed by atoms with Gasteiger partial charge in [0.1, 0.15) is 6.04 Å². The lowest BCUT2D eigenvalue weighted by Crippen LogP contribution is -2.55. The van der Waals surface area contributed by atoms with Gasteiger partial charge in [-0.2, -0.15) is 4.39 Å². The number of nitrogens with zero attached hydrogens (tertiary/aromatic N) is 2. The maximum Gasteiger partial charge on any atom is 0.320 e. The number of benzene rings is 1. The Morgan fingerprint density at radius 2 is 1.79 bits per heavy atom.